The molecule has 2 aromatic carbocycles. The first-order chi connectivity index (χ1) is 9.75. The lowest BCUT2D eigenvalue weighted by Crippen LogP contribution is -1.94. The first-order valence-corrected chi connectivity index (χ1v) is 6.91. The zero-order chi connectivity index (χ0) is 14.2. The predicted octanol–water partition coefficient (Wildman–Crippen LogP) is 4.16. The Balaban J connectivity index is 2.21. The number of nitrogens with zero attached hydrogens (tertiary/aromatic N) is 1. The van der Waals surface area contributed by atoms with Crippen LogP contribution in [0.1, 0.15) is 30.5 Å². The summed E-state index contributed by atoms with van der Waals surface area (Å²) in [6.45, 7) is 5.18. The van der Waals surface area contributed by atoms with Crippen molar-refractivity contribution < 1.29 is 0 Å². The minimum Gasteiger partial charge on any atom is -0.292 e. The molecule has 0 aromatic heterocycles. The molecule has 0 aliphatic heterocycles. The summed E-state index contributed by atoms with van der Waals surface area (Å²) in [6.07, 6.45) is 1.93. The Morgan fingerprint density at radius 2 is 1.65 bits per heavy atom. The maximum atomic E-state index is 4.46. The van der Waals surface area contributed by atoms with Gasteiger partial charge in [0.15, 0.2) is 0 Å². The van der Waals surface area contributed by atoms with Gasteiger partial charge >= 0.3 is 0 Å². The smallest absolute Gasteiger partial charge is 0.0412 e. The SMILES string of the molecule is CC(C)CN=Cc1ccccc1C#Cc1ccccc1. The molecule has 20 heavy (non-hydrogen) atoms. The van der Waals surface area contributed by atoms with Crippen molar-refractivity contribution in [2.75, 3.05) is 6.54 Å². The molecule has 0 unspecified atom stereocenters. The van der Waals surface area contributed by atoms with Crippen LogP contribution in [0, 0.1) is 17.8 Å². The van der Waals surface area contributed by atoms with Gasteiger partial charge in [0.1, 0.15) is 0 Å². The van der Waals surface area contributed by atoms with Gasteiger partial charge in [0.05, 0.1) is 0 Å². The molecule has 0 N–H and O–H groups in total. The van der Waals surface area contributed by atoms with Crippen LogP contribution in [0.3, 0.4) is 0 Å². The number of aliphatic imine (C=N–C) groups is 1. The van der Waals surface area contributed by atoms with Crippen LogP contribution in [-0.2, 0) is 0 Å². The molecule has 100 valence electrons. The van der Waals surface area contributed by atoms with Crippen molar-refractivity contribution in [3.8, 4) is 11.8 Å². The molecule has 0 spiro atoms. The van der Waals surface area contributed by atoms with E-state index in [0.29, 0.717) is 5.92 Å². The summed E-state index contributed by atoms with van der Waals surface area (Å²) < 4.78 is 0. The molecule has 0 fully saturated rings. The molecule has 0 saturated heterocycles. The molecule has 0 amide bonds. The molecule has 2 aromatic rings. The number of rotatable bonds is 3. The van der Waals surface area contributed by atoms with E-state index in [2.05, 4.69) is 36.7 Å². The first kappa shape index (κ1) is 14.1. The second-order valence-corrected chi connectivity index (χ2v) is 5.09. The molecule has 0 heterocycles. The zero-order valence-electron chi connectivity index (χ0n) is 12.0. The fourth-order valence-electron chi connectivity index (χ4n) is 1.75. The van der Waals surface area contributed by atoms with E-state index in [0.717, 1.165) is 23.2 Å². The van der Waals surface area contributed by atoms with Crippen molar-refractivity contribution >= 4 is 6.21 Å². The lowest BCUT2D eigenvalue weighted by atomic mass is 10.1. The van der Waals surface area contributed by atoms with Gasteiger partial charge in [-0.05, 0) is 24.1 Å². The molecule has 0 saturated carbocycles. The van der Waals surface area contributed by atoms with Gasteiger partial charge in [-0.3, -0.25) is 4.99 Å². The highest BCUT2D eigenvalue weighted by Gasteiger charge is 1.96. The Morgan fingerprint density at radius 3 is 2.40 bits per heavy atom. The fourth-order valence-corrected chi connectivity index (χ4v) is 1.75. The number of hydrogen-bond acceptors (Lipinski definition) is 1. The van der Waals surface area contributed by atoms with E-state index in [-0.39, 0.29) is 0 Å². The molecule has 0 bridgehead atoms. The van der Waals surface area contributed by atoms with Gasteiger partial charge < -0.3 is 0 Å². The average Bonchev–Trinajstić information content (AvgIpc) is 2.47. The summed E-state index contributed by atoms with van der Waals surface area (Å²) in [7, 11) is 0. The molecular formula is C19H19N. The minimum absolute atomic E-state index is 0.578. The summed E-state index contributed by atoms with van der Waals surface area (Å²) in [6, 6.07) is 18.1. The van der Waals surface area contributed by atoms with Crippen molar-refractivity contribution in [1.29, 1.82) is 0 Å². The third-order valence-electron chi connectivity index (χ3n) is 2.78. The lowest BCUT2D eigenvalue weighted by molar-refractivity contribution is 0.667. The molecule has 0 radical (unpaired) electrons. The summed E-state index contributed by atoms with van der Waals surface area (Å²) in [5.41, 5.74) is 3.13. The van der Waals surface area contributed by atoms with E-state index in [1.54, 1.807) is 0 Å². The van der Waals surface area contributed by atoms with E-state index in [1.165, 1.54) is 0 Å². The quantitative estimate of drug-likeness (QED) is 0.581. The fraction of sp³-hybridized carbons (Fsp3) is 0.211. The zero-order valence-corrected chi connectivity index (χ0v) is 12.0. The summed E-state index contributed by atoms with van der Waals surface area (Å²) in [5, 5.41) is 0. The third-order valence-corrected chi connectivity index (χ3v) is 2.78. The molecule has 1 nitrogen and oxygen atoms in total. The van der Waals surface area contributed by atoms with Crippen LogP contribution in [0.15, 0.2) is 59.6 Å². The van der Waals surface area contributed by atoms with Crippen molar-refractivity contribution in [1.82, 2.24) is 0 Å². The van der Waals surface area contributed by atoms with Crippen LogP contribution in [0.4, 0.5) is 0 Å². The van der Waals surface area contributed by atoms with E-state index >= 15 is 0 Å². The van der Waals surface area contributed by atoms with Gasteiger partial charge in [0.2, 0.25) is 0 Å². The molecule has 0 atom stereocenters. The summed E-state index contributed by atoms with van der Waals surface area (Å²) in [4.78, 5) is 4.46. The van der Waals surface area contributed by atoms with Crippen molar-refractivity contribution in [3.63, 3.8) is 0 Å². The van der Waals surface area contributed by atoms with E-state index in [1.807, 2.05) is 54.7 Å². The highest BCUT2D eigenvalue weighted by Crippen LogP contribution is 2.06. The van der Waals surface area contributed by atoms with Crippen LogP contribution in [0.5, 0.6) is 0 Å². The molecule has 0 aliphatic carbocycles. The van der Waals surface area contributed by atoms with Crippen LogP contribution in [0.25, 0.3) is 0 Å². The second kappa shape index (κ2) is 7.31. The van der Waals surface area contributed by atoms with Gasteiger partial charge in [0, 0.05) is 29.4 Å². The maximum Gasteiger partial charge on any atom is 0.0412 e. The van der Waals surface area contributed by atoms with E-state index in [9.17, 15) is 0 Å². The summed E-state index contributed by atoms with van der Waals surface area (Å²) in [5.74, 6) is 6.99. The Morgan fingerprint density at radius 1 is 0.950 bits per heavy atom. The van der Waals surface area contributed by atoms with Crippen molar-refractivity contribution in [2.24, 2.45) is 10.9 Å². The Labute approximate surface area is 121 Å². The van der Waals surface area contributed by atoms with Crippen LogP contribution >= 0.6 is 0 Å². The van der Waals surface area contributed by atoms with Crippen LogP contribution < -0.4 is 0 Å². The predicted molar refractivity (Wildman–Crippen MR) is 86.2 cm³/mol. The van der Waals surface area contributed by atoms with Crippen LogP contribution in [0.2, 0.25) is 0 Å². The highest BCUT2D eigenvalue weighted by molar-refractivity contribution is 5.83. The van der Waals surface area contributed by atoms with Gasteiger partial charge in [-0.25, -0.2) is 0 Å². The van der Waals surface area contributed by atoms with Gasteiger partial charge in [-0.1, -0.05) is 62.1 Å². The topological polar surface area (TPSA) is 12.4 Å². The second-order valence-electron chi connectivity index (χ2n) is 5.09. The van der Waals surface area contributed by atoms with Gasteiger partial charge in [0.25, 0.3) is 0 Å². The monoisotopic (exact) mass is 261 g/mol. The number of benzene rings is 2. The van der Waals surface area contributed by atoms with Crippen molar-refractivity contribution in [3.05, 3.63) is 71.3 Å². The standard InChI is InChI=1S/C19H19N/c1-16(2)14-20-15-19-11-7-6-10-18(19)13-12-17-8-4-3-5-9-17/h3-11,15-16H,14H2,1-2H3. The Hall–Kier alpha value is -2.33. The van der Waals surface area contributed by atoms with Gasteiger partial charge in [-0.15, -0.1) is 0 Å². The average molecular weight is 261 g/mol. The number of hydrogen-bond donors (Lipinski definition) is 0. The Kier molecular flexibility index (Phi) is 5.15. The minimum atomic E-state index is 0.578. The summed E-state index contributed by atoms with van der Waals surface area (Å²) >= 11 is 0. The normalized spacial score (nSPS) is 10.6. The lowest BCUT2D eigenvalue weighted by Gasteiger charge is -1.99. The molecule has 0 aliphatic rings. The molecular weight excluding hydrogens is 242 g/mol. The largest absolute Gasteiger partial charge is 0.292 e. The van der Waals surface area contributed by atoms with Crippen LogP contribution in [-0.4, -0.2) is 12.8 Å². The molecule has 2 rings (SSSR count). The highest BCUT2D eigenvalue weighted by atomic mass is 14.7. The van der Waals surface area contributed by atoms with E-state index < -0.39 is 0 Å². The molecule has 1 heteroatoms. The van der Waals surface area contributed by atoms with E-state index in [4.69, 9.17) is 0 Å². The first-order valence-electron chi connectivity index (χ1n) is 6.91. The maximum absolute atomic E-state index is 4.46. The van der Waals surface area contributed by atoms with Gasteiger partial charge in [-0.2, -0.15) is 0 Å². The third kappa shape index (κ3) is 4.40. The Bertz CT molecular complexity index is 628. The van der Waals surface area contributed by atoms with Crippen molar-refractivity contribution in [2.45, 2.75) is 13.8 Å².